The summed E-state index contributed by atoms with van der Waals surface area (Å²) in [6.07, 6.45) is 1.69. The van der Waals surface area contributed by atoms with E-state index in [1.807, 2.05) is 48.5 Å². The van der Waals surface area contributed by atoms with E-state index in [0.29, 0.717) is 27.3 Å². The molecule has 4 aromatic rings. The SMILES string of the molecule is O=C(O)c1ccc(-c2ccc(/C=C3\SC(=Nc4ccc(Br)cc4)N(c4ccc(Br)cc4)C3=O)o2)cc1. The van der Waals surface area contributed by atoms with Crippen LogP contribution in [0.3, 0.4) is 0 Å². The number of hydrogen-bond donors (Lipinski definition) is 1. The number of benzene rings is 3. The number of carboxylic acids is 1. The van der Waals surface area contributed by atoms with Crippen LogP contribution >= 0.6 is 43.6 Å². The molecule has 1 aromatic heterocycles. The molecule has 1 fully saturated rings. The summed E-state index contributed by atoms with van der Waals surface area (Å²) in [4.78, 5) is 31.3. The second-order valence-corrected chi connectivity index (χ2v) is 10.5. The number of amidine groups is 1. The molecular weight excluding hydrogens is 608 g/mol. The minimum absolute atomic E-state index is 0.200. The number of carboxylic acid groups (broad SMARTS) is 1. The smallest absolute Gasteiger partial charge is 0.335 e. The molecular formula is C27H16Br2N2O4S. The molecule has 1 aliphatic rings. The molecule has 2 heterocycles. The van der Waals surface area contributed by atoms with E-state index in [2.05, 4.69) is 31.9 Å². The molecule has 0 spiro atoms. The van der Waals surface area contributed by atoms with Gasteiger partial charge in [-0.2, -0.15) is 0 Å². The van der Waals surface area contributed by atoms with Gasteiger partial charge in [0.15, 0.2) is 5.17 Å². The number of nitrogens with zero attached hydrogens (tertiary/aromatic N) is 2. The third-order valence-electron chi connectivity index (χ3n) is 5.26. The van der Waals surface area contributed by atoms with Crippen molar-refractivity contribution < 1.29 is 19.1 Å². The Bertz CT molecular complexity index is 1510. The summed E-state index contributed by atoms with van der Waals surface area (Å²) in [6.45, 7) is 0. The lowest BCUT2D eigenvalue weighted by Crippen LogP contribution is -2.28. The number of hydrogen-bond acceptors (Lipinski definition) is 5. The van der Waals surface area contributed by atoms with Crippen molar-refractivity contribution in [2.45, 2.75) is 0 Å². The maximum Gasteiger partial charge on any atom is 0.335 e. The van der Waals surface area contributed by atoms with E-state index >= 15 is 0 Å². The van der Waals surface area contributed by atoms with Crippen LogP contribution in [0.15, 0.2) is 108 Å². The third-order valence-corrected chi connectivity index (χ3v) is 7.29. The van der Waals surface area contributed by atoms with Gasteiger partial charge in [-0.1, -0.05) is 44.0 Å². The number of furan rings is 1. The average Bonchev–Trinajstić information content (AvgIpc) is 3.46. The Hall–Kier alpha value is -3.40. The first-order chi connectivity index (χ1) is 17.4. The van der Waals surface area contributed by atoms with Crippen LogP contribution in [0, 0.1) is 0 Å². The molecule has 5 rings (SSSR count). The van der Waals surface area contributed by atoms with Crippen LogP contribution in [0.4, 0.5) is 11.4 Å². The van der Waals surface area contributed by atoms with E-state index < -0.39 is 5.97 Å². The quantitative estimate of drug-likeness (QED) is 0.228. The van der Waals surface area contributed by atoms with Crippen LogP contribution in [-0.4, -0.2) is 22.2 Å². The van der Waals surface area contributed by atoms with Crippen LogP contribution in [-0.2, 0) is 4.79 Å². The minimum atomic E-state index is -0.987. The van der Waals surface area contributed by atoms with Crippen molar-refractivity contribution in [3.8, 4) is 11.3 Å². The zero-order valence-electron chi connectivity index (χ0n) is 18.4. The fourth-order valence-electron chi connectivity index (χ4n) is 3.48. The Labute approximate surface area is 227 Å². The lowest BCUT2D eigenvalue weighted by molar-refractivity contribution is -0.113. The molecule has 0 atom stereocenters. The number of aliphatic imine (C=N–C) groups is 1. The molecule has 0 bridgehead atoms. The van der Waals surface area contributed by atoms with Crippen molar-refractivity contribution in [3.63, 3.8) is 0 Å². The second-order valence-electron chi connectivity index (χ2n) is 7.68. The highest BCUT2D eigenvalue weighted by Gasteiger charge is 2.35. The standard InChI is InChI=1S/C27H16Br2N2O4S/c28-18-5-9-20(10-6-18)30-27-31(21-11-7-19(29)8-12-21)25(32)24(36-27)15-22-13-14-23(35-22)16-1-3-17(4-2-16)26(33)34/h1-15H,(H,33,34)/b24-15-,30-27?. The van der Waals surface area contributed by atoms with Crippen LogP contribution in [0.1, 0.15) is 16.1 Å². The molecule has 1 amide bonds. The van der Waals surface area contributed by atoms with Crippen molar-refractivity contribution in [1.29, 1.82) is 0 Å². The maximum atomic E-state index is 13.5. The number of rotatable bonds is 5. The van der Waals surface area contributed by atoms with Gasteiger partial charge in [0, 0.05) is 20.6 Å². The number of carbonyl (C=O) groups excluding carboxylic acids is 1. The predicted octanol–water partition coefficient (Wildman–Crippen LogP) is 7.98. The Morgan fingerprint density at radius 1 is 0.889 bits per heavy atom. The van der Waals surface area contributed by atoms with Crippen molar-refractivity contribution in [2.75, 3.05) is 4.90 Å². The molecule has 178 valence electrons. The Kier molecular flexibility index (Phi) is 6.95. The fourth-order valence-corrected chi connectivity index (χ4v) is 4.99. The molecule has 3 aromatic carbocycles. The van der Waals surface area contributed by atoms with E-state index in [4.69, 9.17) is 14.5 Å². The van der Waals surface area contributed by atoms with Crippen molar-refractivity contribution in [3.05, 3.63) is 110 Å². The summed E-state index contributed by atoms with van der Waals surface area (Å²) in [7, 11) is 0. The summed E-state index contributed by atoms with van der Waals surface area (Å²) in [5, 5.41) is 9.63. The normalized spacial score (nSPS) is 15.7. The number of amides is 1. The minimum Gasteiger partial charge on any atom is -0.478 e. The van der Waals surface area contributed by atoms with Gasteiger partial charge in [0.05, 0.1) is 21.8 Å². The van der Waals surface area contributed by atoms with Gasteiger partial charge < -0.3 is 9.52 Å². The Morgan fingerprint density at radius 2 is 1.53 bits per heavy atom. The van der Waals surface area contributed by atoms with Crippen LogP contribution in [0.2, 0.25) is 0 Å². The second kappa shape index (κ2) is 10.3. The number of anilines is 1. The van der Waals surface area contributed by atoms with Gasteiger partial charge >= 0.3 is 5.97 Å². The highest BCUT2D eigenvalue weighted by atomic mass is 79.9. The van der Waals surface area contributed by atoms with Crippen LogP contribution in [0.5, 0.6) is 0 Å². The monoisotopic (exact) mass is 622 g/mol. The summed E-state index contributed by atoms with van der Waals surface area (Å²) in [5.74, 6) is -0.118. The van der Waals surface area contributed by atoms with Crippen molar-refractivity contribution >= 4 is 78.1 Å². The summed E-state index contributed by atoms with van der Waals surface area (Å²) in [6, 6.07) is 25.0. The predicted molar refractivity (Wildman–Crippen MR) is 150 cm³/mol. The number of halogens is 2. The van der Waals surface area contributed by atoms with Crippen molar-refractivity contribution in [1.82, 2.24) is 0 Å². The first kappa shape index (κ1) is 24.3. The van der Waals surface area contributed by atoms with Crippen LogP contribution in [0.25, 0.3) is 17.4 Å². The third kappa shape index (κ3) is 5.23. The van der Waals surface area contributed by atoms with E-state index in [9.17, 15) is 9.59 Å². The van der Waals surface area contributed by atoms with Crippen molar-refractivity contribution in [2.24, 2.45) is 4.99 Å². The molecule has 36 heavy (non-hydrogen) atoms. The molecule has 0 radical (unpaired) electrons. The largest absolute Gasteiger partial charge is 0.478 e. The number of carbonyl (C=O) groups is 2. The maximum absolute atomic E-state index is 13.5. The highest BCUT2D eigenvalue weighted by molar-refractivity contribution is 9.10. The lowest BCUT2D eigenvalue weighted by atomic mass is 10.1. The molecule has 1 aliphatic heterocycles. The summed E-state index contributed by atoms with van der Waals surface area (Å²) < 4.78 is 7.80. The van der Waals surface area contributed by atoms with E-state index in [1.165, 1.54) is 23.9 Å². The Morgan fingerprint density at radius 3 is 2.17 bits per heavy atom. The molecule has 1 saturated heterocycles. The zero-order chi connectivity index (χ0) is 25.2. The highest BCUT2D eigenvalue weighted by Crippen LogP contribution is 2.38. The van der Waals surface area contributed by atoms with Gasteiger partial charge in [-0.15, -0.1) is 0 Å². The summed E-state index contributed by atoms with van der Waals surface area (Å²) >= 11 is 8.14. The van der Waals surface area contributed by atoms with Gasteiger partial charge in [0.25, 0.3) is 5.91 Å². The van der Waals surface area contributed by atoms with Gasteiger partial charge in [0.2, 0.25) is 0 Å². The Balaban J connectivity index is 1.48. The molecule has 1 N–H and O–H groups in total. The first-order valence-corrected chi connectivity index (χ1v) is 13.0. The first-order valence-electron chi connectivity index (χ1n) is 10.6. The average molecular weight is 624 g/mol. The van der Waals surface area contributed by atoms with Gasteiger partial charge in [-0.3, -0.25) is 9.69 Å². The van der Waals surface area contributed by atoms with Gasteiger partial charge in [0.1, 0.15) is 11.5 Å². The van der Waals surface area contributed by atoms with E-state index in [1.54, 1.807) is 35.2 Å². The molecule has 9 heteroatoms. The molecule has 6 nitrogen and oxygen atoms in total. The van der Waals surface area contributed by atoms with Gasteiger partial charge in [-0.25, -0.2) is 9.79 Å². The van der Waals surface area contributed by atoms with E-state index in [0.717, 1.165) is 20.2 Å². The van der Waals surface area contributed by atoms with Gasteiger partial charge in [-0.05, 0) is 84.6 Å². The molecule has 0 saturated carbocycles. The number of aromatic carboxylic acids is 1. The number of thioether (sulfide) groups is 1. The van der Waals surface area contributed by atoms with E-state index in [-0.39, 0.29) is 11.5 Å². The lowest BCUT2D eigenvalue weighted by Gasteiger charge is -2.15. The summed E-state index contributed by atoms with van der Waals surface area (Å²) in [5.41, 5.74) is 2.37. The topological polar surface area (TPSA) is 83.1 Å². The zero-order valence-corrected chi connectivity index (χ0v) is 22.4. The van der Waals surface area contributed by atoms with Crippen LogP contribution < -0.4 is 4.90 Å². The molecule has 0 unspecified atom stereocenters. The molecule has 0 aliphatic carbocycles. The fraction of sp³-hybridized carbons (Fsp3) is 0.